The molecule has 0 spiro atoms. The van der Waals surface area contributed by atoms with E-state index >= 15 is 0 Å². The minimum Gasteiger partial charge on any atom is -0.370 e. The molecule has 3 rings (SSSR count). The maximum absolute atomic E-state index is 12.0. The molecule has 3 atom stereocenters. The number of carbonyl (C=O) groups is 1. The van der Waals surface area contributed by atoms with Gasteiger partial charge in [-0.25, -0.2) is 0 Å². The Kier molecular flexibility index (Phi) is 2.03. The second kappa shape index (κ2) is 3.18. The standard InChI is InChI=1S/C13H18O2/c1-7(2)9-6-11(14)13-10(9)5-8-3-4-12(13)15-8/h7-9,12H,3-6H2,1-2H3/t8-,9-,12+/m1/s1. The second-order valence-electron chi connectivity index (χ2n) is 5.44. The van der Waals surface area contributed by atoms with Crippen LogP contribution in [0.5, 0.6) is 0 Å². The number of ether oxygens (including phenoxy) is 1. The summed E-state index contributed by atoms with van der Waals surface area (Å²) in [7, 11) is 0. The van der Waals surface area contributed by atoms with Crippen LogP contribution in [0, 0.1) is 11.8 Å². The van der Waals surface area contributed by atoms with Crippen molar-refractivity contribution in [1.82, 2.24) is 0 Å². The molecule has 3 aliphatic rings. The quantitative estimate of drug-likeness (QED) is 0.659. The van der Waals surface area contributed by atoms with E-state index in [1.807, 2.05) is 0 Å². The average Bonchev–Trinajstić information content (AvgIpc) is 2.70. The van der Waals surface area contributed by atoms with Crippen molar-refractivity contribution < 1.29 is 9.53 Å². The van der Waals surface area contributed by atoms with Gasteiger partial charge in [0.15, 0.2) is 5.78 Å². The van der Waals surface area contributed by atoms with Gasteiger partial charge in [0.05, 0.1) is 12.2 Å². The van der Waals surface area contributed by atoms with E-state index < -0.39 is 0 Å². The Morgan fingerprint density at radius 3 is 2.80 bits per heavy atom. The lowest BCUT2D eigenvalue weighted by Gasteiger charge is -2.26. The minimum atomic E-state index is 0.162. The molecule has 82 valence electrons. The Bertz CT molecular complexity index is 340. The number of fused-ring (bicyclic) bond motifs is 3. The van der Waals surface area contributed by atoms with Crippen molar-refractivity contribution in [3.63, 3.8) is 0 Å². The van der Waals surface area contributed by atoms with E-state index in [-0.39, 0.29) is 6.10 Å². The molecule has 2 aliphatic heterocycles. The maximum atomic E-state index is 12.0. The van der Waals surface area contributed by atoms with Crippen LogP contribution in [0.2, 0.25) is 0 Å². The first-order valence-electron chi connectivity index (χ1n) is 6.08. The Morgan fingerprint density at radius 1 is 1.27 bits per heavy atom. The molecule has 0 aromatic rings. The normalized spacial score (nSPS) is 39.1. The number of carbonyl (C=O) groups excluding carboxylic acids is 1. The number of ketones is 1. The predicted octanol–water partition coefficient (Wildman–Crippen LogP) is 2.48. The van der Waals surface area contributed by atoms with Gasteiger partial charge in [0.1, 0.15) is 0 Å². The lowest BCUT2D eigenvalue weighted by atomic mass is 9.86. The van der Waals surface area contributed by atoms with Crippen LogP contribution >= 0.6 is 0 Å². The van der Waals surface area contributed by atoms with Crippen LogP contribution in [0.3, 0.4) is 0 Å². The highest BCUT2D eigenvalue weighted by Gasteiger charge is 2.45. The van der Waals surface area contributed by atoms with Gasteiger partial charge in [-0.15, -0.1) is 0 Å². The van der Waals surface area contributed by atoms with Crippen LogP contribution in [-0.2, 0) is 9.53 Å². The molecule has 0 unspecified atom stereocenters. The molecule has 2 heteroatoms. The van der Waals surface area contributed by atoms with Gasteiger partial charge in [0, 0.05) is 12.0 Å². The number of Topliss-reactive ketones (excluding diaryl/α,β-unsaturated/α-hetero) is 1. The fraction of sp³-hybridized carbons (Fsp3) is 0.769. The van der Waals surface area contributed by atoms with E-state index in [0.29, 0.717) is 23.7 Å². The summed E-state index contributed by atoms with van der Waals surface area (Å²) in [6.45, 7) is 4.45. The van der Waals surface area contributed by atoms with E-state index in [0.717, 1.165) is 31.3 Å². The lowest BCUT2D eigenvalue weighted by Crippen LogP contribution is -2.23. The van der Waals surface area contributed by atoms with Gasteiger partial charge in [-0.3, -0.25) is 4.79 Å². The lowest BCUT2D eigenvalue weighted by molar-refractivity contribution is -0.116. The van der Waals surface area contributed by atoms with Gasteiger partial charge in [0.25, 0.3) is 0 Å². The van der Waals surface area contributed by atoms with Gasteiger partial charge in [-0.1, -0.05) is 19.4 Å². The molecule has 1 fully saturated rings. The van der Waals surface area contributed by atoms with E-state index in [2.05, 4.69) is 13.8 Å². The van der Waals surface area contributed by atoms with Crippen LogP contribution < -0.4 is 0 Å². The van der Waals surface area contributed by atoms with E-state index in [4.69, 9.17) is 4.74 Å². The third kappa shape index (κ3) is 1.31. The summed E-state index contributed by atoms with van der Waals surface area (Å²) in [6, 6.07) is 0. The number of hydrogen-bond acceptors (Lipinski definition) is 2. The molecule has 0 aromatic carbocycles. The highest BCUT2D eigenvalue weighted by atomic mass is 16.5. The highest BCUT2D eigenvalue weighted by Crippen LogP contribution is 2.47. The molecule has 0 N–H and O–H groups in total. The van der Waals surface area contributed by atoms with Crippen molar-refractivity contribution in [3.05, 3.63) is 11.1 Å². The molecule has 2 heterocycles. The van der Waals surface area contributed by atoms with Crippen molar-refractivity contribution in [2.75, 3.05) is 0 Å². The van der Waals surface area contributed by atoms with Crippen molar-refractivity contribution in [1.29, 1.82) is 0 Å². The zero-order valence-corrected chi connectivity index (χ0v) is 9.45. The van der Waals surface area contributed by atoms with E-state index in [1.54, 1.807) is 0 Å². The third-order valence-electron chi connectivity index (χ3n) is 4.18. The molecule has 1 aliphatic carbocycles. The van der Waals surface area contributed by atoms with Gasteiger partial charge in [-0.2, -0.15) is 0 Å². The molecular formula is C13H18O2. The molecular weight excluding hydrogens is 188 g/mol. The molecule has 0 amide bonds. The van der Waals surface area contributed by atoms with Gasteiger partial charge in [-0.05, 0) is 31.1 Å². The van der Waals surface area contributed by atoms with Crippen LogP contribution in [0.15, 0.2) is 11.1 Å². The third-order valence-corrected chi connectivity index (χ3v) is 4.18. The van der Waals surface area contributed by atoms with Crippen molar-refractivity contribution in [2.45, 2.75) is 51.7 Å². The van der Waals surface area contributed by atoms with Crippen LogP contribution in [0.1, 0.15) is 39.5 Å². The Balaban J connectivity index is 1.99. The van der Waals surface area contributed by atoms with Gasteiger partial charge < -0.3 is 4.74 Å². The predicted molar refractivity (Wildman–Crippen MR) is 57.5 cm³/mol. The molecule has 0 radical (unpaired) electrons. The van der Waals surface area contributed by atoms with E-state index in [9.17, 15) is 4.79 Å². The fourth-order valence-electron chi connectivity index (χ4n) is 3.41. The Labute approximate surface area is 90.7 Å². The zero-order valence-electron chi connectivity index (χ0n) is 9.45. The van der Waals surface area contributed by atoms with Crippen LogP contribution in [-0.4, -0.2) is 18.0 Å². The van der Waals surface area contributed by atoms with Crippen molar-refractivity contribution in [2.24, 2.45) is 11.8 Å². The first kappa shape index (κ1) is 9.59. The number of rotatable bonds is 1. The summed E-state index contributed by atoms with van der Waals surface area (Å²) in [5, 5.41) is 0. The highest BCUT2D eigenvalue weighted by molar-refractivity contribution is 6.00. The summed E-state index contributed by atoms with van der Waals surface area (Å²) in [5.41, 5.74) is 2.52. The molecule has 1 saturated heterocycles. The zero-order chi connectivity index (χ0) is 10.6. The van der Waals surface area contributed by atoms with Gasteiger partial charge in [0.2, 0.25) is 0 Å². The van der Waals surface area contributed by atoms with Crippen LogP contribution in [0.25, 0.3) is 0 Å². The fourth-order valence-corrected chi connectivity index (χ4v) is 3.41. The monoisotopic (exact) mass is 206 g/mol. The summed E-state index contributed by atoms with van der Waals surface area (Å²) < 4.78 is 5.83. The SMILES string of the molecule is CC(C)[C@H]1CC(=O)C2=C1C[C@H]1CC[C@@H]2O1. The smallest absolute Gasteiger partial charge is 0.162 e. The summed E-state index contributed by atoms with van der Waals surface area (Å²) in [5.74, 6) is 1.48. The average molecular weight is 206 g/mol. The topological polar surface area (TPSA) is 26.3 Å². The van der Waals surface area contributed by atoms with Crippen molar-refractivity contribution >= 4 is 5.78 Å². The van der Waals surface area contributed by atoms with Crippen molar-refractivity contribution in [3.8, 4) is 0 Å². The molecule has 2 bridgehead atoms. The molecule has 2 nitrogen and oxygen atoms in total. The first-order valence-corrected chi connectivity index (χ1v) is 6.08. The Morgan fingerprint density at radius 2 is 2.07 bits per heavy atom. The first-order chi connectivity index (χ1) is 7.16. The summed E-state index contributed by atoms with van der Waals surface area (Å²) in [4.78, 5) is 12.0. The van der Waals surface area contributed by atoms with Crippen LogP contribution in [0.4, 0.5) is 0 Å². The van der Waals surface area contributed by atoms with Gasteiger partial charge >= 0.3 is 0 Å². The molecule has 15 heavy (non-hydrogen) atoms. The molecule has 0 saturated carbocycles. The minimum absolute atomic E-state index is 0.162. The summed E-state index contributed by atoms with van der Waals surface area (Å²) >= 11 is 0. The second-order valence-corrected chi connectivity index (χ2v) is 5.44. The summed E-state index contributed by atoms with van der Waals surface area (Å²) in [6.07, 6.45) is 4.57. The maximum Gasteiger partial charge on any atom is 0.162 e. The Hall–Kier alpha value is -0.630. The number of hydrogen-bond donors (Lipinski definition) is 0. The molecule has 0 aromatic heterocycles. The largest absolute Gasteiger partial charge is 0.370 e. The van der Waals surface area contributed by atoms with E-state index in [1.165, 1.54) is 5.57 Å².